The van der Waals surface area contributed by atoms with E-state index in [1.807, 2.05) is 18.2 Å². The summed E-state index contributed by atoms with van der Waals surface area (Å²) in [7, 11) is 1.62. The standard InChI is InChI=1S/C16H24N2O2S/c1-16(2,3)11-5-6-14(20-4)12(9-11)18-15(19)13-10-21-8-7-17-13/h5-6,9,13,17H,7-8,10H2,1-4H3,(H,18,19). The van der Waals surface area contributed by atoms with Crippen LogP contribution >= 0.6 is 11.8 Å². The number of anilines is 1. The molecule has 1 unspecified atom stereocenters. The Morgan fingerprint density at radius 1 is 1.43 bits per heavy atom. The number of thioether (sulfide) groups is 1. The zero-order chi connectivity index (χ0) is 15.5. The molecule has 1 atom stereocenters. The van der Waals surface area contributed by atoms with Gasteiger partial charge in [0.25, 0.3) is 0 Å². The lowest BCUT2D eigenvalue weighted by atomic mass is 9.87. The topological polar surface area (TPSA) is 50.4 Å². The van der Waals surface area contributed by atoms with Crippen LogP contribution < -0.4 is 15.4 Å². The summed E-state index contributed by atoms with van der Waals surface area (Å²) < 4.78 is 5.36. The number of rotatable bonds is 3. The predicted octanol–water partition coefficient (Wildman–Crippen LogP) is 2.64. The van der Waals surface area contributed by atoms with Gasteiger partial charge in [0, 0.05) is 18.1 Å². The monoisotopic (exact) mass is 308 g/mol. The first-order valence-electron chi connectivity index (χ1n) is 7.22. The van der Waals surface area contributed by atoms with E-state index in [-0.39, 0.29) is 17.4 Å². The van der Waals surface area contributed by atoms with E-state index in [1.165, 1.54) is 5.56 Å². The van der Waals surface area contributed by atoms with Gasteiger partial charge in [-0.15, -0.1) is 0 Å². The summed E-state index contributed by atoms with van der Waals surface area (Å²) in [4.78, 5) is 12.4. The Morgan fingerprint density at radius 2 is 2.19 bits per heavy atom. The number of carbonyl (C=O) groups is 1. The highest BCUT2D eigenvalue weighted by Gasteiger charge is 2.23. The Hall–Kier alpha value is -1.20. The van der Waals surface area contributed by atoms with E-state index >= 15 is 0 Å². The Morgan fingerprint density at radius 3 is 2.76 bits per heavy atom. The Kier molecular flexibility index (Phi) is 5.17. The van der Waals surface area contributed by atoms with Crippen LogP contribution in [0, 0.1) is 0 Å². The molecule has 1 aromatic rings. The largest absolute Gasteiger partial charge is 0.495 e. The fourth-order valence-corrected chi connectivity index (χ4v) is 3.16. The van der Waals surface area contributed by atoms with E-state index in [2.05, 4.69) is 31.4 Å². The summed E-state index contributed by atoms with van der Waals surface area (Å²) in [6, 6.07) is 5.83. The molecular formula is C16H24N2O2S. The minimum absolute atomic E-state index is 0.00607. The van der Waals surface area contributed by atoms with Crippen molar-refractivity contribution in [1.29, 1.82) is 0 Å². The molecule has 1 aliphatic rings. The highest BCUT2D eigenvalue weighted by Crippen LogP contribution is 2.31. The van der Waals surface area contributed by atoms with Gasteiger partial charge >= 0.3 is 0 Å². The molecule has 4 nitrogen and oxygen atoms in total. The van der Waals surface area contributed by atoms with Crippen LogP contribution in [0.2, 0.25) is 0 Å². The number of ether oxygens (including phenoxy) is 1. The van der Waals surface area contributed by atoms with Crippen molar-refractivity contribution in [3.63, 3.8) is 0 Å². The van der Waals surface area contributed by atoms with Crippen molar-refractivity contribution < 1.29 is 9.53 Å². The third-order valence-electron chi connectivity index (χ3n) is 3.56. The average molecular weight is 308 g/mol. The average Bonchev–Trinajstić information content (AvgIpc) is 2.47. The molecule has 116 valence electrons. The van der Waals surface area contributed by atoms with Crippen LogP contribution in [0.3, 0.4) is 0 Å². The molecule has 0 radical (unpaired) electrons. The molecule has 0 aromatic heterocycles. The molecule has 2 rings (SSSR count). The SMILES string of the molecule is COc1ccc(C(C)(C)C)cc1NC(=O)C1CSCCN1. The summed E-state index contributed by atoms with van der Waals surface area (Å²) in [6.45, 7) is 7.33. The molecule has 21 heavy (non-hydrogen) atoms. The molecule has 0 bridgehead atoms. The second kappa shape index (κ2) is 6.71. The molecule has 0 spiro atoms. The molecule has 1 saturated heterocycles. The quantitative estimate of drug-likeness (QED) is 0.901. The number of amides is 1. The van der Waals surface area contributed by atoms with Crippen molar-refractivity contribution in [2.45, 2.75) is 32.2 Å². The van der Waals surface area contributed by atoms with Gasteiger partial charge in [0.2, 0.25) is 5.91 Å². The number of hydrogen-bond donors (Lipinski definition) is 2. The van der Waals surface area contributed by atoms with Crippen molar-refractivity contribution in [3.8, 4) is 5.75 Å². The van der Waals surface area contributed by atoms with Crippen LogP contribution in [0.15, 0.2) is 18.2 Å². The van der Waals surface area contributed by atoms with Crippen molar-refractivity contribution >= 4 is 23.4 Å². The molecule has 1 heterocycles. The molecule has 0 saturated carbocycles. The highest BCUT2D eigenvalue weighted by molar-refractivity contribution is 7.99. The Labute approximate surface area is 131 Å². The maximum absolute atomic E-state index is 12.4. The lowest BCUT2D eigenvalue weighted by Gasteiger charge is -2.24. The van der Waals surface area contributed by atoms with Crippen molar-refractivity contribution in [1.82, 2.24) is 5.32 Å². The lowest BCUT2D eigenvalue weighted by Crippen LogP contribution is -2.46. The smallest absolute Gasteiger partial charge is 0.242 e. The third-order valence-corrected chi connectivity index (χ3v) is 4.62. The number of methoxy groups -OCH3 is 1. The van der Waals surface area contributed by atoms with Crippen LogP contribution in [0.5, 0.6) is 5.75 Å². The number of benzene rings is 1. The van der Waals surface area contributed by atoms with E-state index in [9.17, 15) is 4.79 Å². The fraction of sp³-hybridized carbons (Fsp3) is 0.562. The Balaban J connectivity index is 2.18. The molecule has 1 amide bonds. The number of carbonyl (C=O) groups excluding carboxylic acids is 1. The van der Waals surface area contributed by atoms with E-state index in [4.69, 9.17) is 4.74 Å². The maximum atomic E-state index is 12.4. The van der Waals surface area contributed by atoms with Gasteiger partial charge in [0.15, 0.2) is 0 Å². The van der Waals surface area contributed by atoms with Crippen molar-refractivity contribution in [2.75, 3.05) is 30.5 Å². The Bertz CT molecular complexity index is 505. The van der Waals surface area contributed by atoms with Gasteiger partial charge in [-0.3, -0.25) is 4.79 Å². The lowest BCUT2D eigenvalue weighted by molar-refractivity contribution is -0.117. The number of nitrogens with one attached hydrogen (secondary N) is 2. The van der Waals surface area contributed by atoms with Gasteiger partial charge < -0.3 is 15.4 Å². The minimum Gasteiger partial charge on any atom is -0.495 e. The molecule has 1 aromatic carbocycles. The van der Waals surface area contributed by atoms with Crippen LogP contribution in [0.1, 0.15) is 26.3 Å². The number of hydrogen-bond acceptors (Lipinski definition) is 4. The minimum atomic E-state index is -0.133. The first-order valence-corrected chi connectivity index (χ1v) is 8.38. The van der Waals surface area contributed by atoms with Gasteiger partial charge in [-0.1, -0.05) is 26.8 Å². The van der Waals surface area contributed by atoms with Crippen LogP contribution in [0.25, 0.3) is 0 Å². The summed E-state index contributed by atoms with van der Waals surface area (Å²) in [5, 5.41) is 6.25. The predicted molar refractivity (Wildman–Crippen MR) is 89.4 cm³/mol. The molecule has 2 N–H and O–H groups in total. The normalized spacial score (nSPS) is 19.1. The van der Waals surface area contributed by atoms with Gasteiger partial charge in [-0.05, 0) is 23.1 Å². The molecule has 5 heteroatoms. The highest BCUT2D eigenvalue weighted by atomic mass is 32.2. The fourth-order valence-electron chi connectivity index (χ4n) is 2.23. The third kappa shape index (κ3) is 4.14. The van der Waals surface area contributed by atoms with E-state index < -0.39 is 0 Å². The maximum Gasteiger partial charge on any atom is 0.242 e. The first-order chi connectivity index (χ1) is 9.91. The molecule has 1 aliphatic heterocycles. The molecule has 1 fully saturated rings. The molecular weight excluding hydrogens is 284 g/mol. The summed E-state index contributed by atoms with van der Waals surface area (Å²) >= 11 is 1.80. The van der Waals surface area contributed by atoms with Crippen molar-refractivity contribution in [2.24, 2.45) is 0 Å². The first kappa shape index (κ1) is 16.2. The van der Waals surface area contributed by atoms with Gasteiger partial charge in [-0.25, -0.2) is 0 Å². The van der Waals surface area contributed by atoms with Crippen molar-refractivity contribution in [3.05, 3.63) is 23.8 Å². The summed E-state index contributed by atoms with van der Waals surface area (Å²) in [5.74, 6) is 2.58. The summed E-state index contributed by atoms with van der Waals surface area (Å²) in [5.41, 5.74) is 1.95. The van der Waals surface area contributed by atoms with E-state index in [0.29, 0.717) is 5.75 Å². The van der Waals surface area contributed by atoms with Gasteiger partial charge in [-0.2, -0.15) is 11.8 Å². The van der Waals surface area contributed by atoms with Crippen LogP contribution in [-0.4, -0.2) is 37.1 Å². The van der Waals surface area contributed by atoms with Crippen LogP contribution in [0.4, 0.5) is 5.69 Å². The zero-order valence-electron chi connectivity index (χ0n) is 13.2. The second-order valence-electron chi connectivity index (χ2n) is 6.24. The van der Waals surface area contributed by atoms with Gasteiger partial charge in [0.05, 0.1) is 18.8 Å². The molecule has 0 aliphatic carbocycles. The van der Waals surface area contributed by atoms with E-state index in [0.717, 1.165) is 23.7 Å². The van der Waals surface area contributed by atoms with Gasteiger partial charge in [0.1, 0.15) is 5.75 Å². The van der Waals surface area contributed by atoms with Crippen LogP contribution in [-0.2, 0) is 10.2 Å². The summed E-state index contributed by atoms with van der Waals surface area (Å²) in [6.07, 6.45) is 0. The second-order valence-corrected chi connectivity index (χ2v) is 7.39. The zero-order valence-corrected chi connectivity index (χ0v) is 14.0. The van der Waals surface area contributed by atoms with E-state index in [1.54, 1.807) is 18.9 Å².